The van der Waals surface area contributed by atoms with Crippen LogP contribution in [0.4, 0.5) is 0 Å². The lowest BCUT2D eigenvalue weighted by atomic mass is 9.94. The van der Waals surface area contributed by atoms with Gasteiger partial charge in [0.25, 0.3) is 0 Å². The van der Waals surface area contributed by atoms with Gasteiger partial charge in [0, 0.05) is 0 Å². The van der Waals surface area contributed by atoms with Gasteiger partial charge in [0.1, 0.15) is 17.8 Å². The summed E-state index contributed by atoms with van der Waals surface area (Å²) in [6.45, 7) is -1.36. The molecule has 0 aromatic carbocycles. The standard InChI is InChI=1S/C6H12O6/c7-1-3-6(11,2-8)4(9)5(10)12-3/h3-5,7-11H,1-2H2/t3-,4-,5+,6+/m0/s1. The van der Waals surface area contributed by atoms with Crippen LogP contribution in [-0.4, -0.2) is 62.8 Å². The summed E-state index contributed by atoms with van der Waals surface area (Å²) in [5.74, 6) is 0. The van der Waals surface area contributed by atoms with E-state index in [1.807, 2.05) is 0 Å². The van der Waals surface area contributed by atoms with Gasteiger partial charge in [-0.15, -0.1) is 0 Å². The minimum atomic E-state index is -1.98. The van der Waals surface area contributed by atoms with Gasteiger partial charge >= 0.3 is 0 Å². The molecule has 0 saturated carbocycles. The highest BCUT2D eigenvalue weighted by Crippen LogP contribution is 2.29. The zero-order valence-electron chi connectivity index (χ0n) is 6.29. The van der Waals surface area contributed by atoms with Crippen molar-refractivity contribution in [1.82, 2.24) is 0 Å². The first-order chi connectivity index (χ1) is 5.56. The molecule has 72 valence electrons. The van der Waals surface area contributed by atoms with Gasteiger partial charge in [-0.25, -0.2) is 0 Å². The van der Waals surface area contributed by atoms with Crippen LogP contribution >= 0.6 is 0 Å². The molecule has 0 aromatic rings. The normalized spacial score (nSPS) is 48.2. The summed E-state index contributed by atoms with van der Waals surface area (Å²) in [6.07, 6.45) is -4.33. The second-order valence-corrected chi connectivity index (χ2v) is 2.79. The Kier molecular flexibility index (Phi) is 2.67. The lowest BCUT2D eigenvalue weighted by Gasteiger charge is -2.26. The minimum absolute atomic E-state index is 0.578. The molecular formula is C6H12O6. The summed E-state index contributed by atoms with van der Waals surface area (Å²) in [5, 5.41) is 44.8. The first-order valence-electron chi connectivity index (χ1n) is 3.52. The number of aliphatic hydroxyl groups excluding tert-OH is 4. The summed E-state index contributed by atoms with van der Waals surface area (Å²) in [7, 11) is 0. The van der Waals surface area contributed by atoms with Crippen LogP contribution in [0, 0.1) is 0 Å². The van der Waals surface area contributed by atoms with Crippen LogP contribution in [0.5, 0.6) is 0 Å². The fraction of sp³-hybridized carbons (Fsp3) is 1.00. The van der Waals surface area contributed by atoms with Crippen molar-refractivity contribution in [3.05, 3.63) is 0 Å². The van der Waals surface area contributed by atoms with Crippen molar-refractivity contribution >= 4 is 0 Å². The SMILES string of the molecule is OC[C@@H]1O[C@@H](O)[C@H](O)[C@@]1(O)CO. The Morgan fingerprint density at radius 1 is 1.25 bits per heavy atom. The average molecular weight is 180 g/mol. The second-order valence-electron chi connectivity index (χ2n) is 2.79. The van der Waals surface area contributed by atoms with Gasteiger partial charge in [0.2, 0.25) is 0 Å². The van der Waals surface area contributed by atoms with Crippen molar-refractivity contribution in [1.29, 1.82) is 0 Å². The van der Waals surface area contributed by atoms with Gasteiger partial charge in [-0.05, 0) is 0 Å². The van der Waals surface area contributed by atoms with Gasteiger partial charge in [-0.2, -0.15) is 0 Å². The van der Waals surface area contributed by atoms with E-state index in [1.165, 1.54) is 0 Å². The molecule has 4 atom stereocenters. The second kappa shape index (κ2) is 3.25. The Hall–Kier alpha value is -0.240. The molecule has 1 saturated heterocycles. The van der Waals surface area contributed by atoms with Gasteiger partial charge in [-0.1, -0.05) is 0 Å². The van der Waals surface area contributed by atoms with Crippen molar-refractivity contribution in [2.75, 3.05) is 13.2 Å². The molecule has 5 N–H and O–H groups in total. The van der Waals surface area contributed by atoms with E-state index in [0.29, 0.717) is 0 Å². The zero-order chi connectivity index (χ0) is 9.35. The summed E-state index contributed by atoms with van der Waals surface area (Å²) in [4.78, 5) is 0. The lowest BCUT2D eigenvalue weighted by Crippen LogP contribution is -2.52. The van der Waals surface area contributed by atoms with Crippen molar-refractivity contribution in [2.45, 2.75) is 24.1 Å². The maximum absolute atomic E-state index is 9.45. The van der Waals surface area contributed by atoms with Crippen LogP contribution in [-0.2, 0) is 4.74 Å². The van der Waals surface area contributed by atoms with Crippen molar-refractivity contribution < 1.29 is 30.3 Å². The molecule has 0 bridgehead atoms. The number of hydrogen-bond donors (Lipinski definition) is 5. The number of hydrogen-bond acceptors (Lipinski definition) is 6. The van der Waals surface area contributed by atoms with Crippen LogP contribution in [0.15, 0.2) is 0 Å². The summed E-state index contributed by atoms with van der Waals surface area (Å²) in [6, 6.07) is 0. The quantitative estimate of drug-likeness (QED) is 0.306. The van der Waals surface area contributed by atoms with E-state index in [4.69, 9.17) is 20.4 Å². The highest BCUT2D eigenvalue weighted by atomic mass is 16.7. The Bertz CT molecular complexity index is 162. The molecule has 1 fully saturated rings. The molecule has 0 unspecified atom stereocenters. The predicted octanol–water partition coefficient (Wildman–Crippen LogP) is -3.22. The Morgan fingerprint density at radius 2 is 1.83 bits per heavy atom. The third-order valence-electron chi connectivity index (χ3n) is 2.06. The molecule has 1 aliphatic heterocycles. The van der Waals surface area contributed by atoms with Gasteiger partial charge < -0.3 is 30.3 Å². The van der Waals surface area contributed by atoms with Crippen LogP contribution in [0.2, 0.25) is 0 Å². The van der Waals surface area contributed by atoms with Crippen molar-refractivity contribution in [2.24, 2.45) is 0 Å². The van der Waals surface area contributed by atoms with Crippen LogP contribution in [0.25, 0.3) is 0 Å². The molecule has 6 nitrogen and oxygen atoms in total. The number of aliphatic hydroxyl groups is 5. The van der Waals surface area contributed by atoms with E-state index in [0.717, 1.165) is 0 Å². The molecule has 1 heterocycles. The third-order valence-corrected chi connectivity index (χ3v) is 2.06. The fourth-order valence-corrected chi connectivity index (χ4v) is 1.19. The number of ether oxygens (including phenoxy) is 1. The van der Waals surface area contributed by atoms with Crippen molar-refractivity contribution in [3.63, 3.8) is 0 Å². The average Bonchev–Trinajstić information content (AvgIpc) is 2.30. The fourth-order valence-electron chi connectivity index (χ4n) is 1.19. The highest BCUT2D eigenvalue weighted by Gasteiger charge is 2.54. The topological polar surface area (TPSA) is 110 Å². The Morgan fingerprint density at radius 3 is 2.17 bits per heavy atom. The Balaban J connectivity index is 2.80. The van der Waals surface area contributed by atoms with E-state index < -0.39 is 37.3 Å². The smallest absolute Gasteiger partial charge is 0.184 e. The van der Waals surface area contributed by atoms with Crippen molar-refractivity contribution in [3.8, 4) is 0 Å². The van der Waals surface area contributed by atoms with Gasteiger partial charge in [0.15, 0.2) is 6.29 Å². The zero-order valence-corrected chi connectivity index (χ0v) is 6.29. The molecule has 0 radical (unpaired) electrons. The molecule has 0 aliphatic carbocycles. The maximum atomic E-state index is 9.45. The molecular weight excluding hydrogens is 168 g/mol. The largest absolute Gasteiger partial charge is 0.394 e. The van der Waals surface area contributed by atoms with E-state index in [9.17, 15) is 5.11 Å². The van der Waals surface area contributed by atoms with Crippen LogP contribution < -0.4 is 0 Å². The van der Waals surface area contributed by atoms with Crippen LogP contribution in [0.3, 0.4) is 0 Å². The molecule has 12 heavy (non-hydrogen) atoms. The predicted molar refractivity (Wildman–Crippen MR) is 36.0 cm³/mol. The van der Waals surface area contributed by atoms with Gasteiger partial charge in [0.05, 0.1) is 13.2 Å². The molecule has 0 aromatic heterocycles. The van der Waals surface area contributed by atoms with E-state index >= 15 is 0 Å². The summed E-state index contributed by atoms with van der Waals surface area (Å²) < 4.78 is 4.57. The lowest BCUT2D eigenvalue weighted by molar-refractivity contribution is -0.132. The molecule has 0 amide bonds. The third kappa shape index (κ3) is 1.22. The first kappa shape index (κ1) is 9.85. The first-order valence-corrected chi connectivity index (χ1v) is 3.52. The van der Waals surface area contributed by atoms with Gasteiger partial charge in [-0.3, -0.25) is 0 Å². The highest BCUT2D eigenvalue weighted by molar-refractivity contribution is 5.00. The summed E-state index contributed by atoms with van der Waals surface area (Å²) >= 11 is 0. The van der Waals surface area contributed by atoms with E-state index in [1.54, 1.807) is 0 Å². The van der Waals surface area contributed by atoms with E-state index in [2.05, 4.69) is 4.74 Å². The molecule has 6 heteroatoms. The molecule has 0 spiro atoms. The van der Waals surface area contributed by atoms with Crippen LogP contribution in [0.1, 0.15) is 0 Å². The Labute approximate surface area is 68.6 Å². The number of rotatable bonds is 2. The molecule has 1 rings (SSSR count). The monoisotopic (exact) mass is 180 g/mol. The minimum Gasteiger partial charge on any atom is -0.394 e. The summed E-state index contributed by atoms with van der Waals surface area (Å²) in [5.41, 5.74) is -1.98. The molecule has 1 aliphatic rings. The maximum Gasteiger partial charge on any atom is 0.184 e. The van der Waals surface area contributed by atoms with E-state index in [-0.39, 0.29) is 0 Å².